The minimum absolute atomic E-state index is 0.0503. The topological polar surface area (TPSA) is 32.3 Å². The summed E-state index contributed by atoms with van der Waals surface area (Å²) in [4.78, 5) is 13.2. The largest absolute Gasteiger partial charge is 0.336 e. The van der Waals surface area contributed by atoms with Gasteiger partial charge in [-0.1, -0.05) is 12.2 Å². The Hall–Kier alpha value is -0.990. The van der Waals surface area contributed by atoms with Crippen molar-refractivity contribution in [2.24, 2.45) is 0 Å². The first-order valence-corrected chi connectivity index (χ1v) is 4.40. The predicted molar refractivity (Wildman–Crippen MR) is 49.0 cm³/mol. The number of nitrogens with zero attached hydrogens (tertiary/aromatic N) is 1. The first-order valence-electron chi connectivity index (χ1n) is 4.40. The second-order valence-corrected chi connectivity index (χ2v) is 3.31. The van der Waals surface area contributed by atoms with E-state index in [4.69, 9.17) is 0 Å². The summed E-state index contributed by atoms with van der Waals surface area (Å²) in [6.07, 6.45) is 5.12. The molecule has 2 amide bonds. The van der Waals surface area contributed by atoms with Gasteiger partial charge in [0, 0.05) is 19.1 Å². The molecule has 0 unspecified atom stereocenters. The minimum Gasteiger partial charge on any atom is -0.336 e. The highest BCUT2D eigenvalue weighted by Gasteiger charge is 2.13. The van der Waals surface area contributed by atoms with Crippen LogP contribution in [0.3, 0.4) is 0 Å². The maximum atomic E-state index is 11.4. The van der Waals surface area contributed by atoms with Crippen LogP contribution in [0.1, 0.15) is 20.3 Å². The smallest absolute Gasteiger partial charge is 0.317 e. The Bertz CT molecular complexity index is 187. The molecule has 0 aromatic heterocycles. The van der Waals surface area contributed by atoms with Crippen molar-refractivity contribution in [1.29, 1.82) is 0 Å². The summed E-state index contributed by atoms with van der Waals surface area (Å²) in [5, 5.41) is 2.87. The summed E-state index contributed by atoms with van der Waals surface area (Å²) in [7, 11) is 0. The molecule has 1 aliphatic heterocycles. The molecular formula is C9H16N2O. The molecule has 0 aromatic rings. The van der Waals surface area contributed by atoms with Gasteiger partial charge < -0.3 is 10.2 Å². The van der Waals surface area contributed by atoms with Crippen LogP contribution < -0.4 is 5.32 Å². The molecule has 0 saturated carbocycles. The second kappa shape index (κ2) is 4.14. The van der Waals surface area contributed by atoms with Crippen LogP contribution in [0.15, 0.2) is 12.2 Å². The molecular weight excluding hydrogens is 152 g/mol. The highest BCUT2D eigenvalue weighted by molar-refractivity contribution is 5.74. The molecule has 0 saturated heterocycles. The Morgan fingerprint density at radius 1 is 1.50 bits per heavy atom. The van der Waals surface area contributed by atoms with Gasteiger partial charge in [-0.3, -0.25) is 0 Å². The SMILES string of the molecule is CC(C)NC(=O)N1CC=CCC1. The van der Waals surface area contributed by atoms with E-state index in [0.29, 0.717) is 0 Å². The van der Waals surface area contributed by atoms with Gasteiger partial charge >= 0.3 is 6.03 Å². The zero-order chi connectivity index (χ0) is 8.97. The summed E-state index contributed by atoms with van der Waals surface area (Å²) in [6, 6.07) is 0.276. The summed E-state index contributed by atoms with van der Waals surface area (Å²) in [5.74, 6) is 0. The highest BCUT2D eigenvalue weighted by atomic mass is 16.2. The van der Waals surface area contributed by atoms with Gasteiger partial charge in [0.2, 0.25) is 0 Å². The summed E-state index contributed by atoms with van der Waals surface area (Å²) >= 11 is 0. The van der Waals surface area contributed by atoms with Crippen LogP contribution in [0.2, 0.25) is 0 Å². The molecule has 12 heavy (non-hydrogen) atoms. The summed E-state index contributed by atoms with van der Waals surface area (Å²) < 4.78 is 0. The Kier molecular flexibility index (Phi) is 3.14. The van der Waals surface area contributed by atoms with Gasteiger partial charge in [-0.25, -0.2) is 4.79 Å². The van der Waals surface area contributed by atoms with E-state index in [0.717, 1.165) is 19.5 Å². The van der Waals surface area contributed by atoms with Crippen molar-refractivity contribution in [3.8, 4) is 0 Å². The van der Waals surface area contributed by atoms with Gasteiger partial charge in [0.1, 0.15) is 0 Å². The molecule has 1 N–H and O–H groups in total. The van der Waals surface area contributed by atoms with E-state index in [1.54, 1.807) is 0 Å². The third-order valence-corrected chi connectivity index (χ3v) is 1.76. The van der Waals surface area contributed by atoms with Crippen LogP contribution in [0, 0.1) is 0 Å². The van der Waals surface area contributed by atoms with Crippen LogP contribution in [0.4, 0.5) is 4.79 Å². The van der Waals surface area contributed by atoms with E-state index in [-0.39, 0.29) is 12.1 Å². The minimum atomic E-state index is 0.0503. The van der Waals surface area contributed by atoms with Crippen molar-refractivity contribution >= 4 is 6.03 Å². The van der Waals surface area contributed by atoms with Crippen LogP contribution in [0.25, 0.3) is 0 Å². The second-order valence-electron chi connectivity index (χ2n) is 3.31. The summed E-state index contributed by atoms with van der Waals surface area (Å²) in [5.41, 5.74) is 0. The number of rotatable bonds is 1. The lowest BCUT2D eigenvalue weighted by molar-refractivity contribution is 0.200. The lowest BCUT2D eigenvalue weighted by atomic mass is 10.2. The number of hydrogen-bond acceptors (Lipinski definition) is 1. The van der Waals surface area contributed by atoms with E-state index in [1.165, 1.54) is 0 Å². The number of nitrogens with one attached hydrogen (secondary N) is 1. The maximum Gasteiger partial charge on any atom is 0.317 e. The third-order valence-electron chi connectivity index (χ3n) is 1.76. The fourth-order valence-corrected chi connectivity index (χ4v) is 1.16. The maximum absolute atomic E-state index is 11.4. The van der Waals surface area contributed by atoms with Gasteiger partial charge in [0.05, 0.1) is 0 Å². The number of carbonyl (C=O) groups excluding carboxylic acids is 1. The third kappa shape index (κ3) is 2.57. The van der Waals surface area contributed by atoms with Gasteiger partial charge in [-0.05, 0) is 20.3 Å². The van der Waals surface area contributed by atoms with E-state index < -0.39 is 0 Å². The van der Waals surface area contributed by atoms with E-state index in [1.807, 2.05) is 24.8 Å². The molecule has 0 fully saturated rings. The lowest BCUT2D eigenvalue weighted by Crippen LogP contribution is -2.44. The van der Waals surface area contributed by atoms with E-state index in [9.17, 15) is 4.79 Å². The van der Waals surface area contributed by atoms with Crippen LogP contribution in [-0.2, 0) is 0 Å². The van der Waals surface area contributed by atoms with Crippen molar-refractivity contribution in [1.82, 2.24) is 10.2 Å². The van der Waals surface area contributed by atoms with E-state index >= 15 is 0 Å². The number of hydrogen-bond donors (Lipinski definition) is 1. The van der Waals surface area contributed by atoms with Gasteiger partial charge in [-0.2, -0.15) is 0 Å². The van der Waals surface area contributed by atoms with Crippen LogP contribution in [0.5, 0.6) is 0 Å². The quantitative estimate of drug-likeness (QED) is 0.589. The fourth-order valence-electron chi connectivity index (χ4n) is 1.16. The number of amides is 2. The standard InChI is InChI=1S/C9H16N2O/c1-8(2)10-9(12)11-6-4-3-5-7-11/h3-4,8H,5-7H2,1-2H3,(H,10,12). The molecule has 0 bridgehead atoms. The van der Waals surface area contributed by atoms with Gasteiger partial charge in [0.25, 0.3) is 0 Å². The zero-order valence-corrected chi connectivity index (χ0v) is 7.71. The van der Waals surface area contributed by atoms with E-state index in [2.05, 4.69) is 11.4 Å². The molecule has 1 heterocycles. The van der Waals surface area contributed by atoms with Gasteiger partial charge in [0.15, 0.2) is 0 Å². The molecule has 68 valence electrons. The Morgan fingerprint density at radius 2 is 2.25 bits per heavy atom. The fraction of sp³-hybridized carbons (Fsp3) is 0.667. The van der Waals surface area contributed by atoms with Crippen molar-refractivity contribution in [3.63, 3.8) is 0 Å². The van der Waals surface area contributed by atoms with Crippen molar-refractivity contribution < 1.29 is 4.79 Å². The predicted octanol–water partition coefficient (Wildman–Crippen LogP) is 1.37. The van der Waals surface area contributed by atoms with Crippen molar-refractivity contribution in [2.45, 2.75) is 26.3 Å². The van der Waals surface area contributed by atoms with Gasteiger partial charge in [-0.15, -0.1) is 0 Å². The number of urea groups is 1. The zero-order valence-electron chi connectivity index (χ0n) is 7.71. The molecule has 1 rings (SSSR count). The molecule has 3 heteroatoms. The molecule has 3 nitrogen and oxygen atoms in total. The Morgan fingerprint density at radius 3 is 2.75 bits per heavy atom. The lowest BCUT2D eigenvalue weighted by Gasteiger charge is -2.24. The average Bonchev–Trinajstić information content (AvgIpc) is 2.05. The van der Waals surface area contributed by atoms with Crippen molar-refractivity contribution in [3.05, 3.63) is 12.2 Å². The molecule has 0 spiro atoms. The normalized spacial score (nSPS) is 16.8. The Labute approximate surface area is 73.4 Å². The average molecular weight is 168 g/mol. The van der Waals surface area contributed by atoms with Crippen LogP contribution in [-0.4, -0.2) is 30.1 Å². The molecule has 0 atom stereocenters. The molecule has 0 aliphatic carbocycles. The monoisotopic (exact) mass is 168 g/mol. The molecule has 0 aromatic carbocycles. The van der Waals surface area contributed by atoms with Crippen LogP contribution >= 0.6 is 0 Å². The molecule has 0 radical (unpaired) electrons. The number of carbonyl (C=O) groups is 1. The first kappa shape index (κ1) is 9.10. The first-order chi connectivity index (χ1) is 5.70. The highest BCUT2D eigenvalue weighted by Crippen LogP contribution is 2.01. The summed E-state index contributed by atoms with van der Waals surface area (Å²) in [6.45, 7) is 5.53. The Balaban J connectivity index is 2.36. The van der Waals surface area contributed by atoms with Crippen molar-refractivity contribution in [2.75, 3.05) is 13.1 Å². The molecule has 1 aliphatic rings.